The summed E-state index contributed by atoms with van der Waals surface area (Å²) in [4.78, 5) is 26.2. The molecule has 0 saturated carbocycles. The van der Waals surface area contributed by atoms with Crippen LogP contribution < -0.4 is 5.56 Å². The molecule has 0 amide bonds. The second-order valence-electron chi connectivity index (χ2n) is 3.17. The average molecular weight is 218 g/mol. The van der Waals surface area contributed by atoms with Crippen LogP contribution in [0.3, 0.4) is 0 Å². The molecule has 0 N–H and O–H groups in total. The molecule has 2 heterocycles. The number of hydrogen-bond acceptors (Lipinski definition) is 4. The number of carbonyl (C=O) groups excluding carboxylic acids is 1. The van der Waals surface area contributed by atoms with Crippen molar-refractivity contribution in [2.75, 3.05) is 6.61 Å². The normalized spacial score (nSPS) is 10.3. The van der Waals surface area contributed by atoms with Gasteiger partial charge in [-0.1, -0.05) is 0 Å². The highest BCUT2D eigenvalue weighted by molar-refractivity contribution is 5.89. The number of esters is 1. The van der Waals surface area contributed by atoms with E-state index in [2.05, 4.69) is 4.98 Å². The number of nitrogens with zero attached hydrogens (tertiary/aromatic N) is 2. The number of hydrogen-bond donors (Lipinski definition) is 0. The van der Waals surface area contributed by atoms with Crippen molar-refractivity contribution in [3.8, 4) is 0 Å². The van der Waals surface area contributed by atoms with Crippen molar-refractivity contribution >= 4 is 11.6 Å². The summed E-state index contributed by atoms with van der Waals surface area (Å²) >= 11 is 0. The van der Waals surface area contributed by atoms with Crippen molar-refractivity contribution in [3.63, 3.8) is 0 Å². The molecule has 0 atom stereocenters. The number of ether oxygens (including phenoxy) is 1. The van der Waals surface area contributed by atoms with E-state index in [9.17, 15) is 9.59 Å². The van der Waals surface area contributed by atoms with Gasteiger partial charge in [-0.3, -0.25) is 4.79 Å². The number of aromatic nitrogens is 2. The van der Waals surface area contributed by atoms with E-state index in [-0.39, 0.29) is 11.5 Å². The van der Waals surface area contributed by atoms with E-state index in [0.717, 1.165) is 0 Å². The molecular weight excluding hydrogens is 208 g/mol. The maximum atomic E-state index is 11.4. The Kier molecular flexibility index (Phi) is 2.68. The second kappa shape index (κ2) is 4.14. The van der Waals surface area contributed by atoms with Crippen molar-refractivity contribution in [1.82, 2.24) is 9.38 Å². The van der Waals surface area contributed by atoms with Crippen LogP contribution in [-0.2, 0) is 4.74 Å². The largest absolute Gasteiger partial charge is 0.462 e. The molecule has 82 valence electrons. The molecule has 0 radical (unpaired) electrons. The summed E-state index contributed by atoms with van der Waals surface area (Å²) in [5.41, 5.74) is 0.629. The van der Waals surface area contributed by atoms with Crippen LogP contribution >= 0.6 is 0 Å². The van der Waals surface area contributed by atoms with Crippen LogP contribution in [0.1, 0.15) is 17.3 Å². The topological polar surface area (TPSA) is 60.7 Å². The minimum Gasteiger partial charge on any atom is -0.462 e. The third-order valence-electron chi connectivity index (χ3n) is 2.07. The molecule has 5 nitrogen and oxygen atoms in total. The van der Waals surface area contributed by atoms with Gasteiger partial charge in [0.15, 0.2) is 0 Å². The summed E-state index contributed by atoms with van der Waals surface area (Å²) in [6, 6.07) is 4.52. The van der Waals surface area contributed by atoms with Crippen molar-refractivity contribution in [2.45, 2.75) is 6.92 Å². The van der Waals surface area contributed by atoms with Crippen LogP contribution in [-0.4, -0.2) is 22.0 Å². The van der Waals surface area contributed by atoms with Gasteiger partial charge in [0.2, 0.25) is 0 Å². The molecule has 0 spiro atoms. The molecule has 2 aromatic rings. The lowest BCUT2D eigenvalue weighted by Crippen LogP contribution is -2.10. The molecule has 0 aliphatic rings. The monoisotopic (exact) mass is 218 g/mol. The van der Waals surface area contributed by atoms with E-state index in [1.807, 2.05) is 0 Å². The van der Waals surface area contributed by atoms with Gasteiger partial charge in [0, 0.05) is 18.5 Å². The highest BCUT2D eigenvalue weighted by Crippen LogP contribution is 2.04. The van der Waals surface area contributed by atoms with Crippen LogP contribution in [0.5, 0.6) is 0 Å². The Labute approximate surface area is 91.3 Å². The number of rotatable bonds is 2. The van der Waals surface area contributed by atoms with Crippen LogP contribution in [0.15, 0.2) is 35.4 Å². The molecule has 0 unspecified atom stereocenters. The minimum atomic E-state index is -0.386. The van der Waals surface area contributed by atoms with Crippen molar-refractivity contribution in [2.24, 2.45) is 0 Å². The molecule has 0 saturated heterocycles. The average Bonchev–Trinajstić information content (AvgIpc) is 2.28. The maximum Gasteiger partial charge on any atom is 0.339 e. The van der Waals surface area contributed by atoms with Gasteiger partial charge in [0.1, 0.15) is 5.65 Å². The van der Waals surface area contributed by atoms with E-state index < -0.39 is 0 Å². The molecule has 0 aliphatic heterocycles. The molecule has 0 aromatic carbocycles. The van der Waals surface area contributed by atoms with E-state index >= 15 is 0 Å². The van der Waals surface area contributed by atoms with Crippen LogP contribution in [0.25, 0.3) is 5.65 Å². The molecular formula is C11H10N2O3. The van der Waals surface area contributed by atoms with Gasteiger partial charge in [-0.15, -0.1) is 0 Å². The van der Waals surface area contributed by atoms with E-state index in [1.165, 1.54) is 6.07 Å². The molecule has 0 fully saturated rings. The van der Waals surface area contributed by atoms with E-state index in [4.69, 9.17) is 4.74 Å². The summed E-state index contributed by atoms with van der Waals surface area (Å²) in [6.45, 7) is 2.08. The Bertz CT molecular complexity index is 589. The maximum absolute atomic E-state index is 11.4. The Balaban J connectivity index is 2.48. The SMILES string of the molecule is CCOC(=O)c1ccc2nc(=O)ccn2c1. The number of fused-ring (bicyclic) bond motifs is 1. The Hall–Kier alpha value is -2.17. The van der Waals surface area contributed by atoms with Gasteiger partial charge < -0.3 is 9.14 Å². The smallest absolute Gasteiger partial charge is 0.339 e. The molecule has 16 heavy (non-hydrogen) atoms. The van der Waals surface area contributed by atoms with Gasteiger partial charge in [-0.2, -0.15) is 4.98 Å². The quantitative estimate of drug-likeness (QED) is 0.702. The van der Waals surface area contributed by atoms with Gasteiger partial charge in [0.05, 0.1) is 12.2 Å². The first kappa shape index (κ1) is 10.4. The summed E-state index contributed by atoms with van der Waals surface area (Å²) < 4.78 is 6.47. The fourth-order valence-electron chi connectivity index (χ4n) is 1.35. The fourth-order valence-corrected chi connectivity index (χ4v) is 1.35. The van der Waals surface area contributed by atoms with Crippen LogP contribution in [0.2, 0.25) is 0 Å². The van der Waals surface area contributed by atoms with Crippen LogP contribution in [0.4, 0.5) is 0 Å². The van der Waals surface area contributed by atoms with Gasteiger partial charge in [0.25, 0.3) is 5.56 Å². The molecule has 0 bridgehead atoms. The Morgan fingerprint density at radius 2 is 2.25 bits per heavy atom. The second-order valence-corrected chi connectivity index (χ2v) is 3.17. The van der Waals surface area contributed by atoms with E-state index in [1.54, 1.807) is 35.9 Å². The van der Waals surface area contributed by atoms with Crippen LogP contribution in [0, 0.1) is 0 Å². The first-order valence-corrected chi connectivity index (χ1v) is 4.87. The lowest BCUT2D eigenvalue weighted by Gasteiger charge is -2.03. The lowest BCUT2D eigenvalue weighted by atomic mass is 10.3. The van der Waals surface area contributed by atoms with Gasteiger partial charge in [-0.25, -0.2) is 4.79 Å². The molecule has 5 heteroatoms. The summed E-state index contributed by atoms with van der Waals surface area (Å²) in [5.74, 6) is -0.386. The highest BCUT2D eigenvalue weighted by atomic mass is 16.5. The summed E-state index contributed by atoms with van der Waals surface area (Å²) in [5, 5.41) is 0. The molecule has 2 rings (SSSR count). The molecule has 0 aliphatic carbocycles. The van der Waals surface area contributed by atoms with Crippen molar-refractivity contribution in [1.29, 1.82) is 0 Å². The van der Waals surface area contributed by atoms with E-state index in [0.29, 0.717) is 17.8 Å². The first-order valence-electron chi connectivity index (χ1n) is 4.87. The predicted octanol–water partition coefficient (Wildman–Crippen LogP) is 0.871. The predicted molar refractivity (Wildman–Crippen MR) is 57.4 cm³/mol. The third-order valence-corrected chi connectivity index (χ3v) is 2.07. The standard InChI is InChI=1S/C11H10N2O3/c1-2-16-11(15)8-3-4-9-12-10(14)5-6-13(9)7-8/h3-7H,2H2,1H3. The Morgan fingerprint density at radius 1 is 1.44 bits per heavy atom. The van der Waals surface area contributed by atoms with Crippen molar-refractivity contribution < 1.29 is 9.53 Å². The summed E-state index contributed by atoms with van der Waals surface area (Å²) in [7, 11) is 0. The number of carbonyl (C=O) groups is 1. The van der Waals surface area contributed by atoms with Gasteiger partial charge >= 0.3 is 5.97 Å². The van der Waals surface area contributed by atoms with Crippen molar-refractivity contribution in [3.05, 3.63) is 46.5 Å². The van der Waals surface area contributed by atoms with Gasteiger partial charge in [-0.05, 0) is 19.1 Å². The highest BCUT2D eigenvalue weighted by Gasteiger charge is 2.06. The summed E-state index contributed by atoms with van der Waals surface area (Å²) in [6.07, 6.45) is 3.15. The molecule has 2 aromatic heterocycles. The fraction of sp³-hybridized carbons (Fsp3) is 0.182. The zero-order chi connectivity index (χ0) is 11.5. The third kappa shape index (κ3) is 1.93. The lowest BCUT2D eigenvalue weighted by molar-refractivity contribution is 0.0526. The first-order chi connectivity index (χ1) is 7.70. The zero-order valence-corrected chi connectivity index (χ0v) is 8.71. The minimum absolute atomic E-state index is 0.302. The Morgan fingerprint density at radius 3 is 3.00 bits per heavy atom. The zero-order valence-electron chi connectivity index (χ0n) is 8.71. The number of pyridine rings is 1.